The lowest BCUT2D eigenvalue weighted by molar-refractivity contribution is -0.136. The maximum Gasteiger partial charge on any atom is 0.255 e. The Morgan fingerprint density at radius 2 is 2.07 bits per heavy atom. The Bertz CT molecular complexity index is 802. The monoisotopic (exact) mass is 370 g/mol. The fourth-order valence-electron chi connectivity index (χ4n) is 4.49. The highest BCUT2D eigenvalue weighted by atomic mass is 16.2. The molecular formula is C20H26N4O3. The second kappa shape index (κ2) is 6.73. The number of carbonyl (C=O) groups is 3. The van der Waals surface area contributed by atoms with E-state index in [9.17, 15) is 14.4 Å². The molecule has 3 aliphatic rings. The predicted molar refractivity (Wildman–Crippen MR) is 99.6 cm³/mol. The first kappa shape index (κ1) is 18.1. The van der Waals surface area contributed by atoms with Crippen LogP contribution < -0.4 is 11.1 Å². The van der Waals surface area contributed by atoms with Gasteiger partial charge in [0.25, 0.3) is 5.91 Å². The highest BCUT2D eigenvalue weighted by Gasteiger charge is 2.40. The van der Waals surface area contributed by atoms with Crippen molar-refractivity contribution < 1.29 is 14.4 Å². The second-order valence-electron chi connectivity index (χ2n) is 8.24. The quantitative estimate of drug-likeness (QED) is 0.746. The summed E-state index contributed by atoms with van der Waals surface area (Å²) in [4.78, 5) is 40.5. The SMILES string of the molecule is CN(Cc1cccc2c1C(=O)N(C1CCC(=O)NC1=O)C2)CC1(N)CCC1. The van der Waals surface area contributed by atoms with Gasteiger partial charge in [-0.05, 0) is 43.9 Å². The van der Waals surface area contributed by atoms with Crippen LogP contribution in [-0.4, -0.2) is 52.7 Å². The summed E-state index contributed by atoms with van der Waals surface area (Å²) in [6, 6.07) is 5.31. The number of nitrogens with zero attached hydrogens (tertiary/aromatic N) is 2. The van der Waals surface area contributed by atoms with Gasteiger partial charge < -0.3 is 15.5 Å². The Hall–Kier alpha value is -2.25. The molecule has 1 unspecified atom stereocenters. The summed E-state index contributed by atoms with van der Waals surface area (Å²) in [6.07, 6.45) is 3.93. The minimum atomic E-state index is -0.574. The molecule has 2 aliphatic heterocycles. The largest absolute Gasteiger partial charge is 0.324 e. The number of amides is 3. The number of benzene rings is 1. The molecule has 1 saturated carbocycles. The van der Waals surface area contributed by atoms with Crippen LogP contribution >= 0.6 is 0 Å². The standard InChI is InChI=1S/C20H26N4O3/c1-23(12-20(21)8-3-9-20)10-13-4-2-5-14-11-24(19(27)17(13)14)15-6-7-16(25)22-18(15)26/h2,4-5,15H,3,6-12,21H2,1H3,(H,22,25,26). The number of likely N-dealkylation sites (N-methyl/N-ethyl adjacent to an activating group) is 1. The van der Waals surface area contributed by atoms with Crippen molar-refractivity contribution >= 4 is 17.7 Å². The first-order valence-corrected chi connectivity index (χ1v) is 9.59. The van der Waals surface area contributed by atoms with Crippen LogP contribution in [0.15, 0.2) is 18.2 Å². The number of piperidine rings is 1. The zero-order chi connectivity index (χ0) is 19.2. The van der Waals surface area contributed by atoms with E-state index in [1.165, 1.54) is 6.42 Å². The maximum atomic E-state index is 13.1. The molecule has 3 amide bonds. The topological polar surface area (TPSA) is 95.7 Å². The number of hydrogen-bond acceptors (Lipinski definition) is 5. The third-order valence-electron chi connectivity index (χ3n) is 6.01. The molecule has 0 aromatic heterocycles. The van der Waals surface area contributed by atoms with Crippen LogP contribution in [0.2, 0.25) is 0 Å². The maximum absolute atomic E-state index is 13.1. The minimum Gasteiger partial charge on any atom is -0.324 e. The van der Waals surface area contributed by atoms with Gasteiger partial charge in [0.05, 0.1) is 0 Å². The molecule has 2 fully saturated rings. The van der Waals surface area contributed by atoms with Gasteiger partial charge >= 0.3 is 0 Å². The van der Waals surface area contributed by atoms with E-state index in [2.05, 4.69) is 10.2 Å². The van der Waals surface area contributed by atoms with Crippen molar-refractivity contribution in [1.29, 1.82) is 0 Å². The van der Waals surface area contributed by atoms with E-state index in [1.807, 2.05) is 25.2 Å². The van der Waals surface area contributed by atoms with E-state index in [0.29, 0.717) is 25.1 Å². The fourth-order valence-corrected chi connectivity index (χ4v) is 4.49. The molecule has 0 bridgehead atoms. The van der Waals surface area contributed by atoms with Crippen LogP contribution in [0.1, 0.15) is 53.6 Å². The molecule has 144 valence electrons. The Morgan fingerprint density at radius 3 is 2.74 bits per heavy atom. The van der Waals surface area contributed by atoms with Crippen molar-refractivity contribution in [3.8, 4) is 0 Å². The number of fused-ring (bicyclic) bond motifs is 1. The zero-order valence-corrected chi connectivity index (χ0v) is 15.7. The molecule has 3 N–H and O–H groups in total. The lowest BCUT2D eigenvalue weighted by atomic mass is 9.77. The Kier molecular flexibility index (Phi) is 4.52. The van der Waals surface area contributed by atoms with E-state index < -0.39 is 6.04 Å². The van der Waals surface area contributed by atoms with Gasteiger partial charge in [-0.25, -0.2) is 0 Å². The van der Waals surface area contributed by atoms with Gasteiger partial charge in [-0.3, -0.25) is 19.7 Å². The summed E-state index contributed by atoms with van der Waals surface area (Å²) in [6.45, 7) is 1.87. The number of rotatable bonds is 5. The summed E-state index contributed by atoms with van der Waals surface area (Å²) in [5, 5.41) is 2.35. The zero-order valence-electron chi connectivity index (χ0n) is 15.7. The molecule has 0 spiro atoms. The average Bonchev–Trinajstić information content (AvgIpc) is 2.91. The number of imide groups is 1. The van der Waals surface area contributed by atoms with Crippen LogP contribution in [0.3, 0.4) is 0 Å². The van der Waals surface area contributed by atoms with Gasteiger partial charge in [0, 0.05) is 37.2 Å². The van der Waals surface area contributed by atoms with Gasteiger partial charge in [-0.15, -0.1) is 0 Å². The Labute approximate surface area is 158 Å². The second-order valence-corrected chi connectivity index (χ2v) is 8.24. The van der Waals surface area contributed by atoms with E-state index in [1.54, 1.807) is 4.90 Å². The van der Waals surface area contributed by atoms with E-state index in [-0.39, 0.29) is 29.7 Å². The van der Waals surface area contributed by atoms with E-state index in [0.717, 1.165) is 30.5 Å². The fraction of sp³-hybridized carbons (Fsp3) is 0.550. The lowest BCUT2D eigenvalue weighted by Gasteiger charge is -2.41. The number of nitrogens with one attached hydrogen (secondary N) is 1. The van der Waals surface area contributed by atoms with Crippen LogP contribution in [-0.2, 0) is 22.7 Å². The molecule has 0 radical (unpaired) electrons. The van der Waals surface area contributed by atoms with Crippen molar-refractivity contribution in [2.24, 2.45) is 5.73 Å². The van der Waals surface area contributed by atoms with Crippen LogP contribution in [0, 0.1) is 0 Å². The van der Waals surface area contributed by atoms with Crippen molar-refractivity contribution in [2.75, 3.05) is 13.6 Å². The van der Waals surface area contributed by atoms with Gasteiger partial charge in [0.2, 0.25) is 11.8 Å². The van der Waals surface area contributed by atoms with Crippen molar-refractivity contribution in [3.63, 3.8) is 0 Å². The number of hydrogen-bond donors (Lipinski definition) is 2. The molecule has 1 saturated heterocycles. The summed E-state index contributed by atoms with van der Waals surface area (Å²) in [5.74, 6) is -0.759. The van der Waals surface area contributed by atoms with Gasteiger partial charge in [-0.2, -0.15) is 0 Å². The van der Waals surface area contributed by atoms with Crippen LogP contribution in [0.4, 0.5) is 0 Å². The van der Waals surface area contributed by atoms with Crippen molar-refractivity contribution in [2.45, 2.75) is 56.8 Å². The smallest absolute Gasteiger partial charge is 0.255 e. The van der Waals surface area contributed by atoms with Gasteiger partial charge in [0.1, 0.15) is 6.04 Å². The summed E-state index contributed by atoms with van der Waals surface area (Å²) < 4.78 is 0. The lowest BCUT2D eigenvalue weighted by Crippen LogP contribution is -2.54. The summed E-state index contributed by atoms with van der Waals surface area (Å²) >= 11 is 0. The molecule has 1 aliphatic carbocycles. The molecule has 1 aromatic rings. The summed E-state index contributed by atoms with van der Waals surface area (Å²) in [5.41, 5.74) is 8.87. The minimum absolute atomic E-state index is 0.102. The first-order valence-electron chi connectivity index (χ1n) is 9.59. The molecule has 7 heteroatoms. The normalized spacial score (nSPS) is 24.0. The highest BCUT2D eigenvalue weighted by Crippen LogP contribution is 2.32. The van der Waals surface area contributed by atoms with Gasteiger partial charge in [0.15, 0.2) is 0 Å². The molecule has 27 heavy (non-hydrogen) atoms. The van der Waals surface area contributed by atoms with Crippen molar-refractivity contribution in [3.05, 3.63) is 34.9 Å². The molecule has 4 rings (SSSR count). The summed E-state index contributed by atoms with van der Waals surface area (Å²) in [7, 11) is 2.03. The van der Waals surface area contributed by atoms with Crippen molar-refractivity contribution in [1.82, 2.24) is 15.1 Å². The Morgan fingerprint density at radius 1 is 1.30 bits per heavy atom. The molecule has 1 atom stereocenters. The third-order valence-corrected chi connectivity index (χ3v) is 6.01. The Balaban J connectivity index is 1.51. The number of nitrogens with two attached hydrogens (primary N) is 1. The van der Waals surface area contributed by atoms with Crippen LogP contribution in [0.25, 0.3) is 0 Å². The third kappa shape index (κ3) is 3.37. The molecule has 7 nitrogen and oxygen atoms in total. The highest BCUT2D eigenvalue weighted by molar-refractivity contribution is 6.05. The van der Waals surface area contributed by atoms with E-state index >= 15 is 0 Å². The van der Waals surface area contributed by atoms with E-state index in [4.69, 9.17) is 5.73 Å². The first-order chi connectivity index (χ1) is 12.9. The molecule has 1 aromatic carbocycles. The van der Waals surface area contributed by atoms with Gasteiger partial charge in [-0.1, -0.05) is 18.2 Å². The molecule has 2 heterocycles. The number of carbonyl (C=O) groups excluding carboxylic acids is 3. The predicted octanol–water partition coefficient (Wildman–Crippen LogP) is 0.761. The van der Waals surface area contributed by atoms with Crippen LogP contribution in [0.5, 0.6) is 0 Å². The average molecular weight is 370 g/mol. The molecular weight excluding hydrogens is 344 g/mol.